The largest absolute Gasteiger partial charge is 0.469 e. The molecule has 0 saturated heterocycles. The third-order valence-corrected chi connectivity index (χ3v) is 3.28. The molecule has 92 valence electrons. The van der Waals surface area contributed by atoms with Crippen molar-refractivity contribution in [3.05, 3.63) is 35.4 Å². The highest BCUT2D eigenvalue weighted by Crippen LogP contribution is 2.54. The van der Waals surface area contributed by atoms with Gasteiger partial charge < -0.3 is 10.5 Å². The van der Waals surface area contributed by atoms with Crippen LogP contribution in [0.3, 0.4) is 0 Å². The van der Waals surface area contributed by atoms with E-state index in [1.165, 1.54) is 13.2 Å². The van der Waals surface area contributed by atoms with E-state index in [0.29, 0.717) is 18.4 Å². The number of nitrogens with two attached hydrogens (primary N) is 1. The van der Waals surface area contributed by atoms with Gasteiger partial charge >= 0.3 is 5.97 Å². The van der Waals surface area contributed by atoms with Crippen molar-refractivity contribution < 1.29 is 18.3 Å². The van der Waals surface area contributed by atoms with Crippen LogP contribution in [0.4, 0.5) is 8.78 Å². The second kappa shape index (κ2) is 4.07. The van der Waals surface area contributed by atoms with Gasteiger partial charge in [0.25, 0.3) is 0 Å². The Morgan fingerprint density at radius 2 is 2.06 bits per heavy atom. The summed E-state index contributed by atoms with van der Waals surface area (Å²) in [4.78, 5) is 11.6. The summed E-state index contributed by atoms with van der Waals surface area (Å²) in [5, 5.41) is 0. The van der Waals surface area contributed by atoms with Gasteiger partial charge in [-0.1, -0.05) is 6.07 Å². The van der Waals surface area contributed by atoms with Crippen molar-refractivity contribution in [2.75, 3.05) is 7.11 Å². The van der Waals surface area contributed by atoms with Crippen LogP contribution in [0.2, 0.25) is 0 Å². The molecular weight excluding hydrogens is 228 g/mol. The van der Waals surface area contributed by atoms with Gasteiger partial charge in [0.15, 0.2) is 11.6 Å². The minimum absolute atomic E-state index is 0.394. The fraction of sp³-hybridized carbons (Fsp3) is 0.417. The molecular formula is C12H13F2NO2. The number of esters is 1. The number of benzene rings is 1. The highest BCUT2D eigenvalue weighted by molar-refractivity contribution is 5.81. The Labute approximate surface area is 97.6 Å². The number of carbonyl (C=O) groups excluding carboxylic acids is 1. The van der Waals surface area contributed by atoms with Gasteiger partial charge in [-0.25, -0.2) is 8.78 Å². The quantitative estimate of drug-likeness (QED) is 0.822. The summed E-state index contributed by atoms with van der Waals surface area (Å²) in [7, 11) is 1.29. The Balaban J connectivity index is 2.28. The summed E-state index contributed by atoms with van der Waals surface area (Å²) in [6, 6.07) is 2.78. The van der Waals surface area contributed by atoms with Gasteiger partial charge in [0, 0.05) is 6.04 Å². The van der Waals surface area contributed by atoms with Crippen molar-refractivity contribution in [2.24, 2.45) is 11.1 Å². The van der Waals surface area contributed by atoms with E-state index in [-0.39, 0.29) is 0 Å². The molecule has 0 amide bonds. The summed E-state index contributed by atoms with van der Waals surface area (Å²) < 4.78 is 30.6. The predicted molar refractivity (Wildman–Crippen MR) is 57.0 cm³/mol. The molecule has 0 aromatic heterocycles. The second-order valence-corrected chi connectivity index (χ2v) is 4.30. The molecule has 1 aromatic rings. The SMILES string of the molecule is COC(=O)C1(C(N)c2ccc(F)c(F)c2)CC1. The second-order valence-electron chi connectivity index (χ2n) is 4.30. The number of methoxy groups -OCH3 is 1. The fourth-order valence-corrected chi connectivity index (χ4v) is 2.00. The number of hydrogen-bond donors (Lipinski definition) is 1. The van der Waals surface area contributed by atoms with Crippen LogP contribution < -0.4 is 5.73 Å². The Kier molecular flexibility index (Phi) is 2.87. The number of rotatable bonds is 3. The highest BCUT2D eigenvalue weighted by atomic mass is 19.2. The molecule has 1 atom stereocenters. The molecule has 0 spiro atoms. The van der Waals surface area contributed by atoms with Gasteiger partial charge in [-0.05, 0) is 30.5 Å². The van der Waals surface area contributed by atoms with E-state index in [4.69, 9.17) is 5.73 Å². The predicted octanol–water partition coefficient (Wildman–Crippen LogP) is 1.92. The lowest BCUT2D eigenvalue weighted by molar-refractivity contribution is -0.148. The number of halogens is 2. The lowest BCUT2D eigenvalue weighted by Gasteiger charge is -2.21. The van der Waals surface area contributed by atoms with Crippen molar-refractivity contribution in [1.29, 1.82) is 0 Å². The minimum Gasteiger partial charge on any atom is -0.469 e. The molecule has 17 heavy (non-hydrogen) atoms. The van der Waals surface area contributed by atoms with Gasteiger partial charge in [0.05, 0.1) is 12.5 Å². The zero-order valence-electron chi connectivity index (χ0n) is 9.37. The molecule has 3 nitrogen and oxygen atoms in total. The van der Waals surface area contributed by atoms with Crippen LogP contribution in [-0.2, 0) is 9.53 Å². The maximum absolute atomic E-state index is 13.1. The molecule has 1 fully saturated rings. The molecule has 1 aliphatic rings. The first-order chi connectivity index (χ1) is 8.01. The standard InChI is InChI=1S/C12H13F2NO2/c1-17-11(16)12(4-5-12)10(15)7-2-3-8(13)9(14)6-7/h2-3,6,10H,4-5,15H2,1H3. The molecule has 5 heteroatoms. The number of carbonyl (C=O) groups is 1. The van der Waals surface area contributed by atoms with E-state index in [2.05, 4.69) is 4.74 Å². The average molecular weight is 241 g/mol. The van der Waals surface area contributed by atoms with Crippen molar-refractivity contribution in [2.45, 2.75) is 18.9 Å². The van der Waals surface area contributed by atoms with Gasteiger partial charge in [0.2, 0.25) is 0 Å². The third kappa shape index (κ3) is 1.91. The molecule has 0 heterocycles. The van der Waals surface area contributed by atoms with Crippen molar-refractivity contribution >= 4 is 5.97 Å². The van der Waals surface area contributed by atoms with E-state index in [1.54, 1.807) is 0 Å². The molecule has 1 aliphatic carbocycles. The maximum atomic E-state index is 13.1. The first-order valence-electron chi connectivity index (χ1n) is 5.30. The maximum Gasteiger partial charge on any atom is 0.313 e. The summed E-state index contributed by atoms with van der Waals surface area (Å²) in [6.07, 6.45) is 1.22. The zero-order chi connectivity index (χ0) is 12.6. The lowest BCUT2D eigenvalue weighted by atomic mass is 9.91. The molecule has 1 unspecified atom stereocenters. The number of hydrogen-bond acceptors (Lipinski definition) is 3. The first-order valence-corrected chi connectivity index (χ1v) is 5.30. The van der Waals surface area contributed by atoms with E-state index in [1.807, 2.05) is 0 Å². The molecule has 0 radical (unpaired) electrons. The van der Waals surface area contributed by atoms with E-state index < -0.39 is 29.1 Å². The molecule has 1 saturated carbocycles. The molecule has 2 rings (SSSR count). The zero-order valence-corrected chi connectivity index (χ0v) is 9.37. The third-order valence-electron chi connectivity index (χ3n) is 3.28. The smallest absolute Gasteiger partial charge is 0.313 e. The lowest BCUT2D eigenvalue weighted by Crippen LogP contribution is -2.31. The summed E-state index contributed by atoms with van der Waals surface area (Å²) in [5.41, 5.74) is 5.58. The van der Waals surface area contributed by atoms with Crippen LogP contribution in [0.5, 0.6) is 0 Å². The van der Waals surface area contributed by atoms with E-state index in [9.17, 15) is 13.6 Å². The van der Waals surface area contributed by atoms with Gasteiger partial charge in [-0.2, -0.15) is 0 Å². The first kappa shape index (κ1) is 12.0. The van der Waals surface area contributed by atoms with E-state index >= 15 is 0 Å². The Hall–Kier alpha value is -1.49. The van der Waals surface area contributed by atoms with E-state index in [0.717, 1.165) is 12.1 Å². The van der Waals surface area contributed by atoms with Crippen LogP contribution >= 0.6 is 0 Å². The van der Waals surface area contributed by atoms with Crippen LogP contribution in [0.15, 0.2) is 18.2 Å². The Morgan fingerprint density at radius 3 is 2.53 bits per heavy atom. The van der Waals surface area contributed by atoms with Crippen LogP contribution in [0, 0.1) is 17.0 Å². The summed E-state index contributed by atoms with van der Waals surface area (Å²) in [5.74, 6) is -2.28. The van der Waals surface area contributed by atoms with Crippen molar-refractivity contribution in [3.63, 3.8) is 0 Å². The van der Waals surface area contributed by atoms with Crippen molar-refractivity contribution in [3.8, 4) is 0 Å². The molecule has 0 bridgehead atoms. The van der Waals surface area contributed by atoms with Crippen LogP contribution in [-0.4, -0.2) is 13.1 Å². The van der Waals surface area contributed by atoms with Crippen LogP contribution in [0.25, 0.3) is 0 Å². The monoisotopic (exact) mass is 241 g/mol. The summed E-state index contributed by atoms with van der Waals surface area (Å²) in [6.45, 7) is 0. The minimum atomic E-state index is -0.960. The van der Waals surface area contributed by atoms with Gasteiger partial charge in [-0.15, -0.1) is 0 Å². The normalized spacial score (nSPS) is 18.6. The van der Waals surface area contributed by atoms with Gasteiger partial charge in [-0.3, -0.25) is 4.79 Å². The molecule has 0 aliphatic heterocycles. The fourth-order valence-electron chi connectivity index (χ4n) is 2.00. The van der Waals surface area contributed by atoms with Crippen LogP contribution in [0.1, 0.15) is 24.4 Å². The molecule has 1 aromatic carbocycles. The van der Waals surface area contributed by atoms with Gasteiger partial charge in [0.1, 0.15) is 0 Å². The topological polar surface area (TPSA) is 52.3 Å². The highest BCUT2D eigenvalue weighted by Gasteiger charge is 2.56. The summed E-state index contributed by atoms with van der Waals surface area (Å²) >= 11 is 0. The number of ether oxygens (including phenoxy) is 1. The molecule has 2 N–H and O–H groups in total. The van der Waals surface area contributed by atoms with Crippen molar-refractivity contribution in [1.82, 2.24) is 0 Å². The average Bonchev–Trinajstić information content (AvgIpc) is 3.12. The Morgan fingerprint density at radius 1 is 1.41 bits per heavy atom. The Bertz CT molecular complexity index is 458.